The van der Waals surface area contributed by atoms with Crippen LogP contribution in [0.2, 0.25) is 0 Å². The topological polar surface area (TPSA) is 34.0 Å². The fourth-order valence-electron chi connectivity index (χ4n) is 4.00. The van der Waals surface area contributed by atoms with Crippen LogP contribution in [0.25, 0.3) is 11.4 Å². The fourth-order valence-corrected chi connectivity index (χ4v) is 4.47. The lowest BCUT2D eigenvalue weighted by atomic mass is 10.1. The molecule has 134 valence electrons. The summed E-state index contributed by atoms with van der Waals surface area (Å²) in [6, 6.07) is 7.01. The summed E-state index contributed by atoms with van der Waals surface area (Å²) in [6.45, 7) is 5.45. The van der Waals surface area contributed by atoms with Crippen molar-refractivity contribution in [2.24, 2.45) is 18.9 Å². The van der Waals surface area contributed by atoms with Gasteiger partial charge in [0.05, 0.1) is 0 Å². The van der Waals surface area contributed by atoms with Gasteiger partial charge in [0.15, 0.2) is 5.82 Å². The average Bonchev–Trinajstić information content (AvgIpc) is 3.48. The summed E-state index contributed by atoms with van der Waals surface area (Å²) in [5.74, 6) is 3.61. The molecule has 0 atom stereocenters. The van der Waals surface area contributed by atoms with Crippen LogP contribution < -0.4 is 4.90 Å². The van der Waals surface area contributed by atoms with E-state index in [1.54, 1.807) is 0 Å². The third kappa shape index (κ3) is 3.48. The molecule has 0 amide bonds. The predicted molar refractivity (Wildman–Crippen MR) is 106 cm³/mol. The molecule has 2 aromatic rings. The summed E-state index contributed by atoms with van der Waals surface area (Å²) >= 11 is 3.55. The van der Waals surface area contributed by atoms with Crippen molar-refractivity contribution < 1.29 is 0 Å². The molecule has 0 aliphatic heterocycles. The van der Waals surface area contributed by atoms with Crippen LogP contribution in [-0.2, 0) is 7.05 Å². The summed E-state index contributed by atoms with van der Waals surface area (Å²) in [6.07, 6.45) is 6.67. The average molecular weight is 403 g/mol. The second-order valence-electron chi connectivity index (χ2n) is 7.68. The Labute approximate surface area is 158 Å². The van der Waals surface area contributed by atoms with E-state index in [2.05, 4.69) is 52.9 Å². The first-order valence-electron chi connectivity index (χ1n) is 9.52. The SMILES string of the molecule is CCCN(c1nc(-c2ccc(Br)cc2C)n(C)n1)C(C1CC1)C1CC1. The standard InChI is InChI=1S/C20H27BrN4/c1-4-11-25(18(14-5-6-14)15-7-8-15)20-22-19(24(3)23-20)17-10-9-16(21)12-13(17)2/h9-10,12,14-15,18H,4-8,11H2,1-3H3. The van der Waals surface area contributed by atoms with Crippen LogP contribution in [0.15, 0.2) is 22.7 Å². The van der Waals surface area contributed by atoms with E-state index in [1.807, 2.05) is 11.7 Å². The van der Waals surface area contributed by atoms with Crippen LogP contribution in [-0.4, -0.2) is 27.4 Å². The molecule has 1 heterocycles. The van der Waals surface area contributed by atoms with Crippen molar-refractivity contribution in [3.63, 3.8) is 0 Å². The highest BCUT2D eigenvalue weighted by atomic mass is 79.9. The van der Waals surface area contributed by atoms with Crippen molar-refractivity contribution in [1.82, 2.24) is 14.8 Å². The smallest absolute Gasteiger partial charge is 0.245 e. The molecule has 1 aromatic carbocycles. The number of aryl methyl sites for hydroxylation is 2. The number of anilines is 1. The van der Waals surface area contributed by atoms with E-state index in [0.29, 0.717) is 6.04 Å². The minimum atomic E-state index is 0.654. The Morgan fingerprint density at radius 2 is 1.92 bits per heavy atom. The van der Waals surface area contributed by atoms with E-state index >= 15 is 0 Å². The zero-order valence-corrected chi connectivity index (χ0v) is 17.0. The van der Waals surface area contributed by atoms with Crippen LogP contribution in [0.1, 0.15) is 44.6 Å². The number of nitrogens with zero attached hydrogens (tertiary/aromatic N) is 4. The highest BCUT2D eigenvalue weighted by molar-refractivity contribution is 9.10. The van der Waals surface area contributed by atoms with Gasteiger partial charge >= 0.3 is 0 Å². The maximum atomic E-state index is 4.99. The van der Waals surface area contributed by atoms with E-state index < -0.39 is 0 Å². The Hall–Kier alpha value is -1.36. The number of aromatic nitrogens is 3. The number of halogens is 1. The molecule has 2 saturated carbocycles. The molecule has 2 fully saturated rings. The first kappa shape index (κ1) is 17.1. The Morgan fingerprint density at radius 1 is 1.24 bits per heavy atom. The molecular formula is C20H27BrN4. The summed E-state index contributed by atoms with van der Waals surface area (Å²) in [5.41, 5.74) is 2.38. The largest absolute Gasteiger partial charge is 0.336 e. The molecule has 0 radical (unpaired) electrons. The first-order chi connectivity index (χ1) is 12.1. The predicted octanol–water partition coefficient (Wildman–Crippen LogP) is 4.96. The van der Waals surface area contributed by atoms with Gasteiger partial charge in [-0.25, -0.2) is 4.68 Å². The molecule has 25 heavy (non-hydrogen) atoms. The van der Waals surface area contributed by atoms with Gasteiger partial charge < -0.3 is 4.90 Å². The van der Waals surface area contributed by atoms with Crippen molar-refractivity contribution in [2.45, 2.75) is 52.0 Å². The van der Waals surface area contributed by atoms with Crippen molar-refractivity contribution in [3.8, 4) is 11.4 Å². The van der Waals surface area contributed by atoms with Gasteiger partial charge in [0, 0.05) is 29.7 Å². The molecule has 0 N–H and O–H groups in total. The maximum absolute atomic E-state index is 4.99. The van der Waals surface area contributed by atoms with Crippen LogP contribution >= 0.6 is 15.9 Å². The first-order valence-corrected chi connectivity index (χ1v) is 10.3. The molecule has 4 nitrogen and oxygen atoms in total. The van der Waals surface area contributed by atoms with Crippen molar-refractivity contribution in [3.05, 3.63) is 28.2 Å². The van der Waals surface area contributed by atoms with Gasteiger partial charge in [-0.1, -0.05) is 22.9 Å². The minimum Gasteiger partial charge on any atom is -0.336 e. The zero-order chi connectivity index (χ0) is 17.6. The number of hydrogen-bond donors (Lipinski definition) is 0. The second kappa shape index (κ2) is 6.75. The van der Waals surface area contributed by atoms with E-state index in [-0.39, 0.29) is 0 Å². The van der Waals surface area contributed by atoms with Gasteiger partial charge in [-0.15, -0.1) is 5.10 Å². The Bertz CT molecular complexity index is 749. The van der Waals surface area contributed by atoms with Crippen molar-refractivity contribution in [1.29, 1.82) is 0 Å². The van der Waals surface area contributed by atoms with Crippen LogP contribution in [0.3, 0.4) is 0 Å². The van der Waals surface area contributed by atoms with E-state index in [9.17, 15) is 0 Å². The summed E-state index contributed by atoms with van der Waals surface area (Å²) in [7, 11) is 2.01. The maximum Gasteiger partial charge on any atom is 0.245 e. The number of hydrogen-bond acceptors (Lipinski definition) is 3. The summed E-state index contributed by atoms with van der Waals surface area (Å²) in [4.78, 5) is 7.51. The Morgan fingerprint density at radius 3 is 2.48 bits per heavy atom. The van der Waals surface area contributed by atoms with E-state index in [0.717, 1.165) is 46.6 Å². The van der Waals surface area contributed by atoms with Gasteiger partial charge in [0.25, 0.3) is 0 Å². The molecule has 0 bridgehead atoms. The number of benzene rings is 1. The minimum absolute atomic E-state index is 0.654. The van der Waals surface area contributed by atoms with Crippen molar-refractivity contribution in [2.75, 3.05) is 11.4 Å². The second-order valence-corrected chi connectivity index (χ2v) is 8.59. The molecule has 5 heteroatoms. The van der Waals surface area contributed by atoms with Crippen molar-refractivity contribution >= 4 is 21.9 Å². The summed E-state index contributed by atoms with van der Waals surface area (Å²) < 4.78 is 3.05. The molecule has 0 spiro atoms. The van der Waals surface area contributed by atoms with Crippen LogP contribution in [0, 0.1) is 18.8 Å². The lowest BCUT2D eigenvalue weighted by Crippen LogP contribution is -2.40. The third-order valence-electron chi connectivity index (χ3n) is 5.47. The third-order valence-corrected chi connectivity index (χ3v) is 5.97. The Kier molecular flexibility index (Phi) is 4.61. The van der Waals surface area contributed by atoms with Crippen LogP contribution in [0.5, 0.6) is 0 Å². The van der Waals surface area contributed by atoms with Gasteiger partial charge in [-0.2, -0.15) is 4.98 Å². The molecule has 0 unspecified atom stereocenters. The number of rotatable bonds is 7. The lowest BCUT2D eigenvalue weighted by molar-refractivity contribution is 0.469. The molecule has 4 rings (SSSR count). The van der Waals surface area contributed by atoms with Gasteiger partial charge in [0.2, 0.25) is 5.95 Å². The van der Waals surface area contributed by atoms with Gasteiger partial charge in [0.1, 0.15) is 0 Å². The molecule has 1 aromatic heterocycles. The zero-order valence-electron chi connectivity index (χ0n) is 15.4. The molecule has 2 aliphatic carbocycles. The van der Waals surface area contributed by atoms with Gasteiger partial charge in [-0.05, 0) is 74.6 Å². The van der Waals surface area contributed by atoms with Crippen LogP contribution in [0.4, 0.5) is 5.95 Å². The molecule has 2 aliphatic rings. The summed E-state index contributed by atoms with van der Waals surface area (Å²) in [5, 5.41) is 4.83. The monoisotopic (exact) mass is 402 g/mol. The molecular weight excluding hydrogens is 376 g/mol. The van der Waals surface area contributed by atoms with E-state index in [1.165, 1.54) is 31.2 Å². The quantitative estimate of drug-likeness (QED) is 0.656. The highest BCUT2D eigenvalue weighted by Gasteiger charge is 2.45. The molecule has 0 saturated heterocycles. The normalized spacial score (nSPS) is 17.3. The fraction of sp³-hybridized carbons (Fsp3) is 0.600. The van der Waals surface area contributed by atoms with Gasteiger partial charge in [-0.3, -0.25) is 0 Å². The lowest BCUT2D eigenvalue weighted by Gasteiger charge is -2.31. The highest BCUT2D eigenvalue weighted by Crippen LogP contribution is 2.48. The Balaban J connectivity index is 1.69. The van der Waals surface area contributed by atoms with E-state index in [4.69, 9.17) is 10.1 Å².